The molecule has 4 nitrogen and oxygen atoms in total. The molecule has 0 saturated carbocycles. The van der Waals surface area contributed by atoms with Crippen LogP contribution in [-0.2, 0) is 4.74 Å². The molecule has 0 heterocycles. The SMILES string of the molecule is CCC(C)NCC(O)COCCOc1ccc(Cl)cc1. The van der Waals surface area contributed by atoms with Gasteiger partial charge < -0.3 is 19.9 Å². The Labute approximate surface area is 126 Å². The number of halogens is 1. The predicted molar refractivity (Wildman–Crippen MR) is 81.5 cm³/mol. The largest absolute Gasteiger partial charge is 0.491 e. The predicted octanol–water partition coefficient (Wildman–Crippen LogP) is 2.48. The second-order valence-corrected chi connectivity index (χ2v) is 5.19. The first-order valence-electron chi connectivity index (χ1n) is 6.99. The fourth-order valence-electron chi connectivity index (χ4n) is 1.51. The van der Waals surface area contributed by atoms with Gasteiger partial charge in [-0.3, -0.25) is 0 Å². The molecule has 1 aromatic rings. The molecule has 114 valence electrons. The van der Waals surface area contributed by atoms with Crippen LogP contribution in [0.1, 0.15) is 20.3 Å². The van der Waals surface area contributed by atoms with Crippen LogP contribution in [-0.4, -0.2) is 43.6 Å². The van der Waals surface area contributed by atoms with Gasteiger partial charge in [0.1, 0.15) is 12.4 Å². The van der Waals surface area contributed by atoms with Gasteiger partial charge >= 0.3 is 0 Å². The van der Waals surface area contributed by atoms with Crippen LogP contribution < -0.4 is 10.1 Å². The fraction of sp³-hybridized carbons (Fsp3) is 0.600. The quantitative estimate of drug-likeness (QED) is 0.652. The summed E-state index contributed by atoms with van der Waals surface area (Å²) >= 11 is 5.78. The standard InChI is InChI=1S/C15H24ClNO3/c1-3-12(2)17-10-14(18)11-19-8-9-20-15-6-4-13(16)5-7-15/h4-7,12,14,17-18H,3,8-11H2,1-2H3. The van der Waals surface area contributed by atoms with E-state index < -0.39 is 6.10 Å². The first kappa shape index (κ1) is 17.2. The minimum atomic E-state index is -0.487. The van der Waals surface area contributed by atoms with Crippen molar-refractivity contribution in [1.82, 2.24) is 5.32 Å². The molecule has 1 aromatic carbocycles. The number of aliphatic hydroxyl groups is 1. The molecule has 0 radical (unpaired) electrons. The summed E-state index contributed by atoms with van der Waals surface area (Å²) in [7, 11) is 0. The van der Waals surface area contributed by atoms with Crippen molar-refractivity contribution < 1.29 is 14.6 Å². The number of hydrogen-bond donors (Lipinski definition) is 2. The molecule has 0 aliphatic heterocycles. The molecule has 0 bridgehead atoms. The molecule has 0 aromatic heterocycles. The normalized spacial score (nSPS) is 14.0. The smallest absolute Gasteiger partial charge is 0.119 e. The second-order valence-electron chi connectivity index (χ2n) is 4.75. The van der Waals surface area contributed by atoms with E-state index in [4.69, 9.17) is 21.1 Å². The van der Waals surface area contributed by atoms with Gasteiger partial charge in [-0.25, -0.2) is 0 Å². The number of nitrogens with one attached hydrogen (secondary N) is 1. The van der Waals surface area contributed by atoms with E-state index in [1.807, 2.05) is 12.1 Å². The van der Waals surface area contributed by atoms with Gasteiger partial charge in [-0.15, -0.1) is 0 Å². The molecule has 1 rings (SSSR count). The molecule has 0 saturated heterocycles. The summed E-state index contributed by atoms with van der Waals surface area (Å²) in [6.07, 6.45) is 0.558. The average Bonchev–Trinajstić information content (AvgIpc) is 2.46. The van der Waals surface area contributed by atoms with Gasteiger partial charge in [0.2, 0.25) is 0 Å². The molecule has 0 aliphatic carbocycles. The Bertz CT molecular complexity index is 359. The number of benzene rings is 1. The van der Waals surface area contributed by atoms with E-state index >= 15 is 0 Å². The molecule has 5 heteroatoms. The highest BCUT2D eigenvalue weighted by Crippen LogP contribution is 2.15. The van der Waals surface area contributed by atoms with E-state index in [1.54, 1.807) is 12.1 Å². The van der Waals surface area contributed by atoms with Gasteiger partial charge in [-0.1, -0.05) is 18.5 Å². The molecule has 0 spiro atoms. The third kappa shape index (κ3) is 7.70. The zero-order valence-corrected chi connectivity index (χ0v) is 12.9. The molecule has 20 heavy (non-hydrogen) atoms. The van der Waals surface area contributed by atoms with E-state index in [1.165, 1.54) is 0 Å². The summed E-state index contributed by atoms with van der Waals surface area (Å²) in [6.45, 7) is 5.96. The van der Waals surface area contributed by atoms with Crippen molar-refractivity contribution in [2.75, 3.05) is 26.4 Å². The van der Waals surface area contributed by atoms with Gasteiger partial charge in [0.15, 0.2) is 0 Å². The highest BCUT2D eigenvalue weighted by Gasteiger charge is 2.06. The first-order chi connectivity index (χ1) is 9.61. The summed E-state index contributed by atoms with van der Waals surface area (Å²) in [5.74, 6) is 0.761. The summed E-state index contributed by atoms with van der Waals surface area (Å²) in [5.41, 5.74) is 0. The Morgan fingerprint density at radius 3 is 2.60 bits per heavy atom. The lowest BCUT2D eigenvalue weighted by molar-refractivity contribution is 0.0241. The molecule has 0 amide bonds. The Morgan fingerprint density at radius 2 is 1.95 bits per heavy atom. The Kier molecular flexibility index (Phi) is 8.62. The van der Waals surface area contributed by atoms with Crippen LogP contribution in [0.15, 0.2) is 24.3 Å². The lowest BCUT2D eigenvalue weighted by Gasteiger charge is -2.16. The van der Waals surface area contributed by atoms with Crippen molar-refractivity contribution in [2.45, 2.75) is 32.4 Å². The zero-order chi connectivity index (χ0) is 14.8. The summed E-state index contributed by atoms with van der Waals surface area (Å²) in [6, 6.07) is 7.60. The Hall–Kier alpha value is -0.810. The monoisotopic (exact) mass is 301 g/mol. The molecule has 2 atom stereocenters. The summed E-state index contributed by atoms with van der Waals surface area (Å²) in [5, 5.41) is 13.6. The molecule has 2 N–H and O–H groups in total. The molecule has 0 aliphatic rings. The minimum absolute atomic E-state index is 0.313. The van der Waals surface area contributed by atoms with Gasteiger partial charge in [-0.2, -0.15) is 0 Å². The number of hydrogen-bond acceptors (Lipinski definition) is 4. The van der Waals surface area contributed by atoms with E-state index in [-0.39, 0.29) is 0 Å². The van der Waals surface area contributed by atoms with Gasteiger partial charge in [0.25, 0.3) is 0 Å². The van der Waals surface area contributed by atoms with Crippen LogP contribution in [0, 0.1) is 0 Å². The van der Waals surface area contributed by atoms with Gasteiger partial charge in [0, 0.05) is 17.6 Å². The number of rotatable bonds is 10. The van der Waals surface area contributed by atoms with Crippen molar-refractivity contribution in [3.8, 4) is 5.75 Å². The molecular weight excluding hydrogens is 278 g/mol. The highest BCUT2D eigenvalue weighted by atomic mass is 35.5. The van der Waals surface area contributed by atoms with Crippen molar-refractivity contribution in [1.29, 1.82) is 0 Å². The number of aliphatic hydroxyl groups excluding tert-OH is 1. The van der Waals surface area contributed by atoms with Crippen molar-refractivity contribution >= 4 is 11.6 Å². The molecule has 2 unspecified atom stereocenters. The summed E-state index contributed by atoms with van der Waals surface area (Å²) in [4.78, 5) is 0. The topological polar surface area (TPSA) is 50.7 Å². The second kappa shape index (κ2) is 10.00. The Morgan fingerprint density at radius 1 is 1.25 bits per heavy atom. The maximum Gasteiger partial charge on any atom is 0.119 e. The molecule has 0 fully saturated rings. The average molecular weight is 302 g/mol. The van der Waals surface area contributed by atoms with Crippen LogP contribution in [0.2, 0.25) is 5.02 Å². The third-order valence-electron chi connectivity index (χ3n) is 2.93. The van der Waals surface area contributed by atoms with E-state index in [9.17, 15) is 5.11 Å². The summed E-state index contributed by atoms with van der Waals surface area (Å²) < 4.78 is 10.8. The third-order valence-corrected chi connectivity index (χ3v) is 3.19. The fourth-order valence-corrected chi connectivity index (χ4v) is 1.64. The van der Waals surface area contributed by atoms with Crippen LogP contribution >= 0.6 is 11.6 Å². The minimum Gasteiger partial charge on any atom is -0.491 e. The van der Waals surface area contributed by atoms with E-state index in [0.717, 1.165) is 12.2 Å². The van der Waals surface area contributed by atoms with E-state index in [2.05, 4.69) is 19.2 Å². The molecular formula is C15H24ClNO3. The van der Waals surface area contributed by atoms with E-state index in [0.29, 0.717) is 37.4 Å². The van der Waals surface area contributed by atoms with Crippen LogP contribution in [0.5, 0.6) is 5.75 Å². The van der Waals surface area contributed by atoms with Crippen LogP contribution in [0.4, 0.5) is 0 Å². The maximum absolute atomic E-state index is 9.70. The lowest BCUT2D eigenvalue weighted by Crippen LogP contribution is -2.35. The number of ether oxygens (including phenoxy) is 2. The lowest BCUT2D eigenvalue weighted by atomic mass is 10.2. The van der Waals surface area contributed by atoms with Gasteiger partial charge in [-0.05, 0) is 37.6 Å². The van der Waals surface area contributed by atoms with Crippen molar-refractivity contribution in [3.63, 3.8) is 0 Å². The van der Waals surface area contributed by atoms with Crippen LogP contribution in [0.25, 0.3) is 0 Å². The first-order valence-corrected chi connectivity index (χ1v) is 7.37. The van der Waals surface area contributed by atoms with Crippen molar-refractivity contribution in [3.05, 3.63) is 29.3 Å². The Balaban J connectivity index is 2.02. The maximum atomic E-state index is 9.70. The van der Waals surface area contributed by atoms with Crippen LogP contribution in [0.3, 0.4) is 0 Å². The highest BCUT2D eigenvalue weighted by molar-refractivity contribution is 6.30. The zero-order valence-electron chi connectivity index (χ0n) is 12.1. The van der Waals surface area contributed by atoms with Gasteiger partial charge in [0.05, 0.1) is 19.3 Å². The van der Waals surface area contributed by atoms with Crippen molar-refractivity contribution in [2.24, 2.45) is 0 Å².